The number of rotatable bonds is 3. The van der Waals surface area contributed by atoms with E-state index in [2.05, 4.69) is 0 Å². The van der Waals surface area contributed by atoms with Crippen LogP contribution in [0.3, 0.4) is 0 Å². The molecule has 2 amide bonds. The zero-order chi connectivity index (χ0) is 16.6. The average Bonchev–Trinajstić information content (AvgIpc) is 2.75. The van der Waals surface area contributed by atoms with Crippen molar-refractivity contribution < 1.29 is 9.59 Å². The summed E-state index contributed by atoms with van der Waals surface area (Å²) in [6, 6.07) is 12.6. The highest BCUT2D eigenvalue weighted by molar-refractivity contribution is 8.00. The Hall–Kier alpha value is -1.49. The summed E-state index contributed by atoms with van der Waals surface area (Å²) in [5.74, 6) is -0.475. The second-order valence-corrected chi connectivity index (χ2v) is 7.47. The van der Waals surface area contributed by atoms with Crippen LogP contribution in [0, 0.1) is 6.92 Å². The summed E-state index contributed by atoms with van der Waals surface area (Å²) in [5.41, 5.74) is 1.57. The number of aryl methyl sites for hydroxylation is 1. The van der Waals surface area contributed by atoms with E-state index < -0.39 is 5.25 Å². The molecular weight excluding hydrogens is 353 g/mol. The van der Waals surface area contributed by atoms with Crippen molar-refractivity contribution in [1.29, 1.82) is 0 Å². The van der Waals surface area contributed by atoms with E-state index in [-0.39, 0.29) is 18.2 Å². The minimum absolute atomic E-state index is 0.168. The lowest BCUT2D eigenvalue weighted by Crippen LogP contribution is -2.31. The summed E-state index contributed by atoms with van der Waals surface area (Å²) in [7, 11) is 0. The van der Waals surface area contributed by atoms with Crippen molar-refractivity contribution in [3.05, 3.63) is 58.1 Å². The van der Waals surface area contributed by atoms with Gasteiger partial charge in [-0.15, -0.1) is 11.8 Å². The van der Waals surface area contributed by atoms with E-state index >= 15 is 0 Å². The summed E-state index contributed by atoms with van der Waals surface area (Å²) in [4.78, 5) is 27.0. The zero-order valence-corrected chi connectivity index (χ0v) is 14.6. The third-order valence-corrected chi connectivity index (χ3v) is 5.14. The van der Waals surface area contributed by atoms with E-state index in [0.29, 0.717) is 15.7 Å². The number of anilines is 1. The highest BCUT2D eigenvalue weighted by Gasteiger charge is 2.40. The second-order valence-electron chi connectivity index (χ2n) is 5.32. The van der Waals surface area contributed by atoms with Gasteiger partial charge in [0, 0.05) is 21.4 Å². The van der Waals surface area contributed by atoms with Crippen molar-refractivity contribution in [3.8, 4) is 0 Å². The number of halogens is 2. The Balaban J connectivity index is 1.83. The molecule has 0 aromatic heterocycles. The lowest BCUT2D eigenvalue weighted by atomic mass is 10.2. The van der Waals surface area contributed by atoms with Crippen LogP contribution in [0.4, 0.5) is 5.69 Å². The summed E-state index contributed by atoms with van der Waals surface area (Å²) in [6.45, 7) is 2.00. The first-order chi connectivity index (χ1) is 10.9. The highest BCUT2D eigenvalue weighted by atomic mass is 35.5. The molecule has 118 valence electrons. The van der Waals surface area contributed by atoms with E-state index in [4.69, 9.17) is 23.2 Å². The van der Waals surface area contributed by atoms with Crippen LogP contribution >= 0.6 is 35.0 Å². The SMILES string of the molecule is Cc1ccc(SC2CC(=O)N(c3cc(Cl)cc(Cl)c3)C2=O)cc1. The van der Waals surface area contributed by atoms with Crippen LogP contribution in [0.25, 0.3) is 0 Å². The van der Waals surface area contributed by atoms with E-state index in [1.807, 2.05) is 31.2 Å². The zero-order valence-electron chi connectivity index (χ0n) is 12.3. The lowest BCUT2D eigenvalue weighted by Gasteiger charge is -2.15. The number of hydrogen-bond donors (Lipinski definition) is 0. The summed E-state index contributed by atoms with van der Waals surface area (Å²) < 4.78 is 0. The molecule has 0 spiro atoms. The molecule has 1 aliphatic rings. The smallest absolute Gasteiger partial charge is 0.247 e. The maximum absolute atomic E-state index is 12.6. The van der Waals surface area contributed by atoms with Crippen LogP contribution in [-0.2, 0) is 9.59 Å². The standard InChI is InChI=1S/C17H13Cl2NO2S/c1-10-2-4-14(5-3-10)23-15-9-16(21)20(17(15)22)13-7-11(18)6-12(19)8-13/h2-8,15H,9H2,1H3. The van der Waals surface area contributed by atoms with Gasteiger partial charge in [-0.3, -0.25) is 9.59 Å². The Bertz CT molecular complexity index is 756. The van der Waals surface area contributed by atoms with E-state index in [9.17, 15) is 9.59 Å². The summed E-state index contributed by atoms with van der Waals surface area (Å²) in [5, 5.41) is 0.355. The van der Waals surface area contributed by atoms with Crippen LogP contribution in [0.5, 0.6) is 0 Å². The topological polar surface area (TPSA) is 37.4 Å². The van der Waals surface area contributed by atoms with Crippen molar-refractivity contribution in [2.24, 2.45) is 0 Å². The van der Waals surface area contributed by atoms with Gasteiger partial charge < -0.3 is 0 Å². The van der Waals surface area contributed by atoms with Crippen LogP contribution in [0.1, 0.15) is 12.0 Å². The molecule has 1 aliphatic heterocycles. The molecule has 0 bridgehead atoms. The third kappa shape index (κ3) is 3.55. The molecule has 1 atom stereocenters. The number of carbonyl (C=O) groups is 2. The van der Waals surface area contributed by atoms with E-state index in [1.165, 1.54) is 16.7 Å². The predicted octanol–water partition coefficient (Wildman–Crippen LogP) is 4.73. The van der Waals surface area contributed by atoms with Gasteiger partial charge in [0.25, 0.3) is 0 Å². The number of thioether (sulfide) groups is 1. The van der Waals surface area contributed by atoms with Gasteiger partial charge in [0.1, 0.15) is 0 Å². The molecule has 0 saturated carbocycles. The molecule has 1 saturated heterocycles. The first-order valence-corrected chi connectivity index (χ1v) is 8.64. The Morgan fingerprint density at radius 1 is 1.04 bits per heavy atom. The number of imide groups is 1. The van der Waals surface area contributed by atoms with Gasteiger partial charge in [0.15, 0.2) is 0 Å². The molecule has 0 aliphatic carbocycles. The van der Waals surface area contributed by atoms with Crippen LogP contribution in [0.15, 0.2) is 47.4 Å². The second kappa shape index (κ2) is 6.56. The van der Waals surface area contributed by atoms with Crippen molar-refractivity contribution in [1.82, 2.24) is 0 Å². The first kappa shape index (κ1) is 16.4. The van der Waals surface area contributed by atoms with Gasteiger partial charge in [-0.25, -0.2) is 4.90 Å². The van der Waals surface area contributed by atoms with Gasteiger partial charge in [0.2, 0.25) is 11.8 Å². The molecule has 6 heteroatoms. The fourth-order valence-electron chi connectivity index (χ4n) is 2.42. The molecular formula is C17H13Cl2NO2S. The molecule has 2 aromatic rings. The van der Waals surface area contributed by atoms with Crippen LogP contribution in [0.2, 0.25) is 10.0 Å². The number of amides is 2. The number of benzene rings is 2. The maximum atomic E-state index is 12.6. The van der Waals surface area contributed by atoms with Crippen molar-refractivity contribution in [2.75, 3.05) is 4.90 Å². The molecule has 1 fully saturated rings. The summed E-state index contributed by atoms with van der Waals surface area (Å²) in [6.07, 6.45) is 0.168. The molecule has 0 N–H and O–H groups in total. The van der Waals surface area contributed by atoms with Crippen LogP contribution in [-0.4, -0.2) is 17.1 Å². The highest BCUT2D eigenvalue weighted by Crippen LogP contribution is 2.35. The Kier molecular flexibility index (Phi) is 4.67. The van der Waals surface area contributed by atoms with E-state index in [0.717, 1.165) is 10.5 Å². The minimum atomic E-state index is -0.428. The maximum Gasteiger partial charge on any atom is 0.247 e. The van der Waals surface area contributed by atoms with Crippen LogP contribution < -0.4 is 4.90 Å². The van der Waals surface area contributed by atoms with Gasteiger partial charge in [-0.05, 0) is 37.3 Å². The molecule has 3 rings (SSSR count). The van der Waals surface area contributed by atoms with E-state index in [1.54, 1.807) is 18.2 Å². The minimum Gasteiger partial charge on any atom is -0.274 e. The van der Waals surface area contributed by atoms with Gasteiger partial charge in [0.05, 0.1) is 10.9 Å². The first-order valence-electron chi connectivity index (χ1n) is 7.00. The molecule has 23 heavy (non-hydrogen) atoms. The monoisotopic (exact) mass is 365 g/mol. The molecule has 3 nitrogen and oxygen atoms in total. The number of nitrogens with zero attached hydrogens (tertiary/aromatic N) is 1. The van der Waals surface area contributed by atoms with Crippen molar-refractivity contribution >= 4 is 52.5 Å². The van der Waals surface area contributed by atoms with Gasteiger partial charge in [-0.2, -0.15) is 0 Å². The Morgan fingerprint density at radius 3 is 2.26 bits per heavy atom. The summed E-state index contributed by atoms with van der Waals surface area (Å²) >= 11 is 13.3. The average molecular weight is 366 g/mol. The fourth-order valence-corrected chi connectivity index (χ4v) is 3.99. The lowest BCUT2D eigenvalue weighted by molar-refractivity contribution is -0.121. The number of carbonyl (C=O) groups excluding carboxylic acids is 2. The largest absolute Gasteiger partial charge is 0.274 e. The Labute approximate surface area is 148 Å². The Morgan fingerprint density at radius 2 is 1.65 bits per heavy atom. The van der Waals surface area contributed by atoms with Crippen molar-refractivity contribution in [2.45, 2.75) is 23.5 Å². The number of hydrogen-bond acceptors (Lipinski definition) is 3. The van der Waals surface area contributed by atoms with Gasteiger partial charge >= 0.3 is 0 Å². The fraction of sp³-hybridized carbons (Fsp3) is 0.176. The quantitative estimate of drug-likeness (QED) is 0.738. The molecule has 0 radical (unpaired) electrons. The van der Waals surface area contributed by atoms with Gasteiger partial charge in [-0.1, -0.05) is 40.9 Å². The molecule has 1 heterocycles. The third-order valence-electron chi connectivity index (χ3n) is 3.51. The molecule has 2 aromatic carbocycles. The normalized spacial score (nSPS) is 17.9. The molecule has 1 unspecified atom stereocenters. The predicted molar refractivity (Wildman–Crippen MR) is 94.4 cm³/mol. The van der Waals surface area contributed by atoms with Crippen molar-refractivity contribution in [3.63, 3.8) is 0 Å².